The van der Waals surface area contributed by atoms with E-state index in [1.54, 1.807) is 19.1 Å². The van der Waals surface area contributed by atoms with Crippen molar-refractivity contribution in [3.8, 4) is 0 Å². The number of hydrogen-bond acceptors (Lipinski definition) is 3. The van der Waals surface area contributed by atoms with Gasteiger partial charge in [0.25, 0.3) is 5.56 Å². The summed E-state index contributed by atoms with van der Waals surface area (Å²) in [6.07, 6.45) is 1.48. The minimum absolute atomic E-state index is 0.158. The van der Waals surface area contributed by atoms with Crippen molar-refractivity contribution in [2.45, 2.75) is 13.5 Å². The van der Waals surface area contributed by atoms with Gasteiger partial charge in [-0.25, -0.2) is 9.78 Å². The fourth-order valence-electron chi connectivity index (χ4n) is 1.61. The molecule has 0 atom stereocenters. The summed E-state index contributed by atoms with van der Waals surface area (Å²) in [5.74, 6) is -0.969. The summed E-state index contributed by atoms with van der Waals surface area (Å²) in [5.41, 5.74) is 1.54. The van der Waals surface area contributed by atoms with Gasteiger partial charge in [0.05, 0.1) is 24.1 Å². The summed E-state index contributed by atoms with van der Waals surface area (Å²) in [6, 6.07) is 6.39. The molecule has 0 aliphatic carbocycles. The number of hydrogen-bond donors (Lipinski definition) is 1. The largest absolute Gasteiger partial charge is 0.478 e. The summed E-state index contributed by atoms with van der Waals surface area (Å²) in [7, 11) is 0. The van der Waals surface area contributed by atoms with Crippen LogP contribution in [0.25, 0.3) is 0 Å². The molecule has 0 aliphatic rings. The Balaban J connectivity index is 2.29. The molecule has 5 nitrogen and oxygen atoms in total. The molecule has 0 unspecified atom stereocenters. The SMILES string of the molecule is Cc1ncn(Cc2ccc(C(=O)O)cc2)c(=O)c1Br. The highest BCUT2D eigenvalue weighted by atomic mass is 79.9. The average Bonchev–Trinajstić information content (AvgIpc) is 2.40. The molecule has 19 heavy (non-hydrogen) atoms. The van der Waals surface area contributed by atoms with Crippen LogP contribution in [-0.4, -0.2) is 20.6 Å². The van der Waals surface area contributed by atoms with E-state index in [2.05, 4.69) is 20.9 Å². The first-order valence-electron chi connectivity index (χ1n) is 5.53. The molecule has 0 aliphatic heterocycles. The van der Waals surface area contributed by atoms with Gasteiger partial charge in [0.2, 0.25) is 0 Å². The Morgan fingerprint density at radius 2 is 2.00 bits per heavy atom. The van der Waals surface area contributed by atoms with Gasteiger partial charge in [-0.05, 0) is 40.5 Å². The maximum atomic E-state index is 12.0. The van der Waals surface area contributed by atoms with Crippen LogP contribution in [0.15, 0.2) is 39.9 Å². The van der Waals surface area contributed by atoms with Crippen LogP contribution >= 0.6 is 15.9 Å². The summed E-state index contributed by atoms with van der Waals surface area (Å²) < 4.78 is 1.91. The Morgan fingerprint density at radius 1 is 1.37 bits per heavy atom. The Labute approximate surface area is 117 Å². The molecule has 1 aromatic heterocycles. The van der Waals surface area contributed by atoms with E-state index in [9.17, 15) is 9.59 Å². The van der Waals surface area contributed by atoms with E-state index in [0.717, 1.165) is 5.56 Å². The zero-order valence-electron chi connectivity index (χ0n) is 10.1. The number of halogens is 1. The van der Waals surface area contributed by atoms with E-state index in [1.807, 2.05) is 0 Å². The van der Waals surface area contributed by atoms with Crippen molar-refractivity contribution in [2.75, 3.05) is 0 Å². The molecular weight excluding hydrogens is 312 g/mol. The maximum absolute atomic E-state index is 12.0. The highest BCUT2D eigenvalue weighted by molar-refractivity contribution is 9.10. The third-order valence-electron chi connectivity index (χ3n) is 2.71. The molecule has 2 aromatic rings. The molecule has 1 heterocycles. The van der Waals surface area contributed by atoms with Crippen LogP contribution in [0.4, 0.5) is 0 Å². The van der Waals surface area contributed by atoms with Crippen molar-refractivity contribution in [1.82, 2.24) is 9.55 Å². The molecule has 6 heteroatoms. The van der Waals surface area contributed by atoms with Crippen LogP contribution in [0, 0.1) is 6.92 Å². The summed E-state index contributed by atoms with van der Waals surface area (Å²) in [4.78, 5) is 26.8. The molecular formula is C13H11BrN2O3. The van der Waals surface area contributed by atoms with Gasteiger partial charge in [0, 0.05) is 0 Å². The fourth-order valence-corrected chi connectivity index (χ4v) is 1.94. The lowest BCUT2D eigenvalue weighted by molar-refractivity contribution is 0.0697. The van der Waals surface area contributed by atoms with E-state index in [0.29, 0.717) is 16.7 Å². The standard InChI is InChI=1S/C13H11BrN2O3/c1-8-11(14)12(17)16(7-15-8)6-9-2-4-10(5-3-9)13(18)19/h2-5,7H,6H2,1H3,(H,18,19). The minimum Gasteiger partial charge on any atom is -0.478 e. The zero-order valence-corrected chi connectivity index (χ0v) is 11.7. The van der Waals surface area contributed by atoms with Crippen LogP contribution in [0.2, 0.25) is 0 Å². The first-order chi connectivity index (χ1) is 8.99. The van der Waals surface area contributed by atoms with Crippen LogP contribution in [-0.2, 0) is 6.54 Å². The summed E-state index contributed by atoms with van der Waals surface area (Å²) in [6.45, 7) is 2.10. The first kappa shape index (κ1) is 13.5. The number of carboxylic acids is 1. The minimum atomic E-state index is -0.969. The van der Waals surface area contributed by atoms with Gasteiger partial charge < -0.3 is 5.11 Å². The highest BCUT2D eigenvalue weighted by Crippen LogP contribution is 2.09. The number of nitrogens with zero attached hydrogens (tertiary/aromatic N) is 2. The quantitative estimate of drug-likeness (QED) is 0.938. The molecule has 0 fully saturated rings. The molecule has 2 rings (SSSR count). The second kappa shape index (κ2) is 5.36. The lowest BCUT2D eigenvalue weighted by Crippen LogP contribution is -2.22. The van der Waals surface area contributed by atoms with Gasteiger partial charge in [0.15, 0.2) is 0 Å². The summed E-state index contributed by atoms with van der Waals surface area (Å²) in [5, 5.41) is 8.81. The van der Waals surface area contributed by atoms with E-state index >= 15 is 0 Å². The third kappa shape index (κ3) is 2.90. The number of carbonyl (C=O) groups is 1. The average molecular weight is 323 g/mol. The molecule has 0 saturated carbocycles. The van der Waals surface area contributed by atoms with Crippen molar-refractivity contribution in [2.24, 2.45) is 0 Å². The predicted molar refractivity (Wildman–Crippen MR) is 73.4 cm³/mol. The van der Waals surface area contributed by atoms with E-state index < -0.39 is 5.97 Å². The Hall–Kier alpha value is -1.95. The molecule has 0 amide bonds. The molecule has 0 spiro atoms. The normalized spacial score (nSPS) is 10.4. The molecule has 0 saturated heterocycles. The van der Waals surface area contributed by atoms with Gasteiger partial charge in [-0.15, -0.1) is 0 Å². The van der Waals surface area contributed by atoms with E-state index in [1.165, 1.54) is 23.0 Å². The van der Waals surface area contributed by atoms with Gasteiger partial charge >= 0.3 is 5.97 Å². The maximum Gasteiger partial charge on any atom is 0.335 e. The van der Waals surface area contributed by atoms with Gasteiger partial charge in [-0.1, -0.05) is 12.1 Å². The smallest absolute Gasteiger partial charge is 0.335 e. The van der Waals surface area contributed by atoms with Gasteiger partial charge in [-0.2, -0.15) is 0 Å². The fraction of sp³-hybridized carbons (Fsp3) is 0.154. The van der Waals surface area contributed by atoms with Crippen molar-refractivity contribution < 1.29 is 9.90 Å². The third-order valence-corrected chi connectivity index (χ3v) is 3.62. The zero-order chi connectivity index (χ0) is 14.0. The van der Waals surface area contributed by atoms with E-state index in [4.69, 9.17) is 5.11 Å². The molecule has 0 radical (unpaired) electrons. The topological polar surface area (TPSA) is 72.2 Å². The lowest BCUT2D eigenvalue weighted by atomic mass is 10.1. The number of aromatic carboxylic acids is 1. The number of aromatic nitrogens is 2. The molecule has 98 valence electrons. The molecule has 1 aromatic carbocycles. The first-order valence-corrected chi connectivity index (χ1v) is 6.32. The van der Waals surface area contributed by atoms with Crippen LogP contribution in [0.5, 0.6) is 0 Å². The van der Waals surface area contributed by atoms with Crippen LogP contribution in [0.3, 0.4) is 0 Å². The van der Waals surface area contributed by atoms with E-state index in [-0.39, 0.29) is 11.1 Å². The van der Waals surface area contributed by atoms with Crippen molar-refractivity contribution in [3.63, 3.8) is 0 Å². The monoisotopic (exact) mass is 322 g/mol. The van der Waals surface area contributed by atoms with Gasteiger partial charge in [0.1, 0.15) is 4.47 Å². The predicted octanol–water partition coefficient (Wildman–Crippen LogP) is 2.06. The van der Waals surface area contributed by atoms with Crippen molar-refractivity contribution in [1.29, 1.82) is 0 Å². The van der Waals surface area contributed by atoms with Crippen molar-refractivity contribution >= 4 is 21.9 Å². The van der Waals surface area contributed by atoms with Crippen LogP contribution < -0.4 is 5.56 Å². The number of benzene rings is 1. The Bertz CT molecular complexity index is 677. The van der Waals surface area contributed by atoms with Gasteiger partial charge in [-0.3, -0.25) is 9.36 Å². The van der Waals surface area contributed by atoms with Crippen molar-refractivity contribution in [3.05, 3.63) is 62.2 Å². The Morgan fingerprint density at radius 3 is 2.58 bits per heavy atom. The number of rotatable bonds is 3. The van der Waals surface area contributed by atoms with Crippen LogP contribution in [0.1, 0.15) is 21.6 Å². The number of aryl methyl sites for hydroxylation is 1. The second-order valence-electron chi connectivity index (χ2n) is 4.08. The second-order valence-corrected chi connectivity index (χ2v) is 4.87. The summed E-state index contributed by atoms with van der Waals surface area (Å²) >= 11 is 3.20. The molecule has 0 bridgehead atoms. The number of carboxylic acid groups (broad SMARTS) is 1. The molecule has 1 N–H and O–H groups in total. The highest BCUT2D eigenvalue weighted by Gasteiger charge is 2.07. The Kier molecular flexibility index (Phi) is 3.80. The lowest BCUT2D eigenvalue weighted by Gasteiger charge is -2.07.